The molecule has 0 atom stereocenters. The Balaban J connectivity index is 2.22. The fourth-order valence-corrected chi connectivity index (χ4v) is 2.04. The van der Waals surface area contributed by atoms with Gasteiger partial charge < -0.3 is 5.11 Å². The molecule has 0 spiro atoms. The molecule has 3 aromatic rings. The van der Waals surface area contributed by atoms with Gasteiger partial charge in [-0.05, 0) is 24.3 Å². The molecule has 2 aromatic carbocycles. The third kappa shape index (κ3) is 2.38. The molecule has 0 aliphatic heterocycles. The Morgan fingerprint density at radius 2 is 1.71 bits per heavy atom. The van der Waals surface area contributed by atoms with Crippen molar-refractivity contribution in [1.29, 1.82) is 0 Å². The van der Waals surface area contributed by atoms with Gasteiger partial charge in [0.15, 0.2) is 5.69 Å². The fraction of sp³-hybridized carbons (Fsp3) is 0. The maximum absolute atomic E-state index is 13.0. The topological polar surface area (TPSA) is 68.0 Å². The second-order valence-corrected chi connectivity index (χ2v) is 4.35. The summed E-state index contributed by atoms with van der Waals surface area (Å²) in [6.45, 7) is 0. The highest BCUT2D eigenvalue weighted by Crippen LogP contribution is 2.25. The maximum atomic E-state index is 13.0. The highest BCUT2D eigenvalue weighted by atomic mass is 19.1. The number of nitrogens with zero attached hydrogens (tertiary/aromatic N) is 3. The summed E-state index contributed by atoms with van der Waals surface area (Å²) in [6, 6.07) is 14.6. The van der Waals surface area contributed by atoms with Crippen LogP contribution < -0.4 is 0 Å². The van der Waals surface area contributed by atoms with Crippen LogP contribution in [0.5, 0.6) is 0 Å². The molecule has 104 valence electrons. The third-order valence-corrected chi connectivity index (χ3v) is 2.99. The summed E-state index contributed by atoms with van der Waals surface area (Å²) in [5.74, 6) is -1.54. The Morgan fingerprint density at radius 1 is 1.05 bits per heavy atom. The van der Waals surface area contributed by atoms with Crippen LogP contribution in [0.25, 0.3) is 16.9 Å². The van der Waals surface area contributed by atoms with Crippen LogP contribution in [-0.2, 0) is 0 Å². The molecule has 0 saturated heterocycles. The van der Waals surface area contributed by atoms with E-state index in [1.54, 1.807) is 24.3 Å². The molecule has 0 aliphatic rings. The largest absolute Gasteiger partial charge is 0.476 e. The molecule has 0 aliphatic carbocycles. The summed E-state index contributed by atoms with van der Waals surface area (Å²) < 4.78 is 14.4. The van der Waals surface area contributed by atoms with E-state index < -0.39 is 5.97 Å². The van der Waals surface area contributed by atoms with E-state index >= 15 is 0 Å². The van der Waals surface area contributed by atoms with Crippen LogP contribution >= 0.6 is 0 Å². The summed E-state index contributed by atoms with van der Waals surface area (Å²) in [7, 11) is 0. The van der Waals surface area contributed by atoms with E-state index in [-0.39, 0.29) is 11.5 Å². The Morgan fingerprint density at radius 3 is 2.33 bits per heavy atom. The van der Waals surface area contributed by atoms with E-state index in [1.807, 2.05) is 6.07 Å². The van der Waals surface area contributed by atoms with Crippen LogP contribution in [0, 0.1) is 5.82 Å². The molecule has 5 nitrogen and oxygen atoms in total. The minimum absolute atomic E-state index is 0.148. The van der Waals surface area contributed by atoms with Crippen molar-refractivity contribution < 1.29 is 14.3 Å². The smallest absolute Gasteiger partial charge is 0.358 e. The molecule has 0 radical (unpaired) electrons. The number of rotatable bonds is 3. The van der Waals surface area contributed by atoms with Crippen LogP contribution in [0.1, 0.15) is 10.5 Å². The van der Waals surface area contributed by atoms with Gasteiger partial charge >= 0.3 is 5.97 Å². The normalized spacial score (nSPS) is 10.5. The standard InChI is InChI=1S/C15H10FN3O2/c16-11-6-8-12(9-7-11)19-14(10-4-2-1-3-5-10)13(15(20)21)17-18-19/h1-9H,(H,20,21). The lowest BCUT2D eigenvalue weighted by atomic mass is 10.1. The molecule has 1 aromatic heterocycles. The molecule has 6 heteroatoms. The van der Waals surface area contributed by atoms with Gasteiger partial charge in [0.25, 0.3) is 0 Å². The minimum atomic E-state index is -1.16. The molecular weight excluding hydrogens is 273 g/mol. The third-order valence-electron chi connectivity index (χ3n) is 2.99. The predicted molar refractivity (Wildman–Crippen MR) is 73.7 cm³/mol. The van der Waals surface area contributed by atoms with Gasteiger partial charge in [0, 0.05) is 5.56 Å². The summed E-state index contributed by atoms with van der Waals surface area (Å²) in [5, 5.41) is 16.8. The molecule has 0 fully saturated rings. The first-order valence-corrected chi connectivity index (χ1v) is 6.17. The number of benzene rings is 2. The number of hydrogen-bond acceptors (Lipinski definition) is 3. The van der Waals surface area contributed by atoms with Crippen molar-refractivity contribution in [2.45, 2.75) is 0 Å². The second-order valence-electron chi connectivity index (χ2n) is 4.35. The summed E-state index contributed by atoms with van der Waals surface area (Å²) in [5.41, 5.74) is 1.42. The van der Waals surface area contributed by atoms with E-state index in [2.05, 4.69) is 10.3 Å². The maximum Gasteiger partial charge on any atom is 0.358 e. The molecule has 3 rings (SSSR count). The van der Waals surface area contributed by atoms with E-state index in [0.717, 1.165) is 0 Å². The number of carboxylic acids is 1. The van der Waals surface area contributed by atoms with Crippen LogP contribution in [0.3, 0.4) is 0 Å². The Bertz CT molecular complexity index is 782. The van der Waals surface area contributed by atoms with E-state index in [0.29, 0.717) is 16.9 Å². The molecule has 1 N–H and O–H groups in total. The number of aromatic nitrogens is 3. The molecule has 0 bridgehead atoms. The SMILES string of the molecule is O=C(O)c1nnn(-c2ccc(F)cc2)c1-c1ccccc1. The Kier molecular flexibility index (Phi) is 3.19. The molecule has 0 saturated carbocycles. The zero-order valence-corrected chi connectivity index (χ0v) is 10.8. The Hall–Kier alpha value is -3.02. The van der Waals surface area contributed by atoms with Crippen molar-refractivity contribution in [2.75, 3.05) is 0 Å². The van der Waals surface area contributed by atoms with Crippen LogP contribution in [-0.4, -0.2) is 26.1 Å². The summed E-state index contributed by atoms with van der Waals surface area (Å²) in [6.07, 6.45) is 0. The van der Waals surface area contributed by atoms with Crippen LogP contribution in [0.4, 0.5) is 4.39 Å². The summed E-state index contributed by atoms with van der Waals surface area (Å²) >= 11 is 0. The average Bonchev–Trinajstić information content (AvgIpc) is 2.94. The van der Waals surface area contributed by atoms with Crippen LogP contribution in [0.2, 0.25) is 0 Å². The van der Waals surface area contributed by atoms with Gasteiger partial charge in [-0.25, -0.2) is 13.9 Å². The lowest BCUT2D eigenvalue weighted by Gasteiger charge is -2.07. The van der Waals surface area contributed by atoms with Crippen molar-refractivity contribution in [1.82, 2.24) is 15.0 Å². The molecule has 1 heterocycles. The van der Waals surface area contributed by atoms with Gasteiger partial charge in [-0.1, -0.05) is 35.5 Å². The first-order chi connectivity index (χ1) is 10.2. The highest BCUT2D eigenvalue weighted by molar-refractivity contribution is 5.93. The zero-order valence-electron chi connectivity index (χ0n) is 10.8. The fourth-order valence-electron chi connectivity index (χ4n) is 2.04. The van der Waals surface area contributed by atoms with Crippen molar-refractivity contribution >= 4 is 5.97 Å². The first kappa shape index (κ1) is 13.0. The van der Waals surface area contributed by atoms with Crippen molar-refractivity contribution in [3.8, 4) is 16.9 Å². The number of carboxylic acid groups (broad SMARTS) is 1. The quantitative estimate of drug-likeness (QED) is 0.802. The monoisotopic (exact) mass is 283 g/mol. The summed E-state index contributed by atoms with van der Waals surface area (Å²) in [4.78, 5) is 11.3. The van der Waals surface area contributed by atoms with Crippen molar-refractivity contribution in [3.05, 3.63) is 66.1 Å². The molecule has 0 amide bonds. The van der Waals surface area contributed by atoms with Gasteiger partial charge in [0.2, 0.25) is 0 Å². The van der Waals surface area contributed by atoms with Crippen molar-refractivity contribution in [3.63, 3.8) is 0 Å². The van der Waals surface area contributed by atoms with Gasteiger partial charge in [-0.3, -0.25) is 0 Å². The van der Waals surface area contributed by atoms with Gasteiger partial charge in [-0.15, -0.1) is 5.10 Å². The number of carbonyl (C=O) groups is 1. The number of aromatic carboxylic acids is 1. The van der Waals surface area contributed by atoms with E-state index in [4.69, 9.17) is 0 Å². The van der Waals surface area contributed by atoms with Gasteiger partial charge in [0.05, 0.1) is 5.69 Å². The molecule has 21 heavy (non-hydrogen) atoms. The average molecular weight is 283 g/mol. The molecule has 0 unspecified atom stereocenters. The number of halogens is 1. The molecular formula is C15H10FN3O2. The number of hydrogen-bond donors (Lipinski definition) is 1. The lowest BCUT2D eigenvalue weighted by Crippen LogP contribution is -2.03. The minimum Gasteiger partial charge on any atom is -0.476 e. The highest BCUT2D eigenvalue weighted by Gasteiger charge is 2.21. The lowest BCUT2D eigenvalue weighted by molar-refractivity contribution is 0.0691. The van der Waals surface area contributed by atoms with Crippen LogP contribution in [0.15, 0.2) is 54.6 Å². The predicted octanol–water partition coefficient (Wildman–Crippen LogP) is 2.77. The zero-order chi connectivity index (χ0) is 14.8. The van der Waals surface area contributed by atoms with Crippen molar-refractivity contribution in [2.24, 2.45) is 0 Å². The first-order valence-electron chi connectivity index (χ1n) is 6.17. The Labute approximate surface area is 119 Å². The van der Waals surface area contributed by atoms with E-state index in [9.17, 15) is 14.3 Å². The van der Waals surface area contributed by atoms with Gasteiger partial charge in [-0.2, -0.15) is 0 Å². The van der Waals surface area contributed by atoms with E-state index in [1.165, 1.54) is 28.9 Å². The van der Waals surface area contributed by atoms with Gasteiger partial charge in [0.1, 0.15) is 11.5 Å². The second kappa shape index (κ2) is 5.16.